The minimum atomic E-state index is -0.965. The Bertz CT molecular complexity index is 993. The lowest BCUT2D eigenvalue weighted by Crippen LogP contribution is -2.27. The highest BCUT2D eigenvalue weighted by Gasteiger charge is 2.35. The first-order valence-corrected chi connectivity index (χ1v) is 9.87. The molecule has 1 fully saturated rings. The van der Waals surface area contributed by atoms with Gasteiger partial charge in [0, 0.05) is 5.56 Å². The van der Waals surface area contributed by atoms with Gasteiger partial charge in [-0.15, -0.1) is 0 Å². The van der Waals surface area contributed by atoms with E-state index in [4.69, 9.17) is 0 Å². The first-order valence-electron chi connectivity index (χ1n) is 9.05. The standard InChI is InChI=1S/C22H22FNO4S/c1-22(2,3)16-6-4-13(5-7-16)12-24-20(27)18(29-21(24)28)10-14-8-15(11-23)19(26)17(25)9-14/h4-10,25-26H,11-12H2,1-3H3. The maximum Gasteiger partial charge on any atom is 0.293 e. The number of phenolic OH excluding ortho intramolecular Hbond substituents is 2. The Balaban J connectivity index is 1.81. The van der Waals surface area contributed by atoms with Crippen molar-refractivity contribution >= 4 is 29.0 Å². The highest BCUT2D eigenvalue weighted by atomic mass is 32.2. The average Bonchev–Trinajstić information content (AvgIpc) is 2.91. The third-order valence-corrected chi connectivity index (χ3v) is 5.57. The van der Waals surface area contributed by atoms with Crippen LogP contribution in [0.5, 0.6) is 11.5 Å². The lowest BCUT2D eigenvalue weighted by Gasteiger charge is -2.20. The van der Waals surface area contributed by atoms with Gasteiger partial charge >= 0.3 is 0 Å². The Morgan fingerprint density at radius 2 is 1.76 bits per heavy atom. The number of phenols is 2. The van der Waals surface area contributed by atoms with E-state index >= 15 is 0 Å². The molecule has 0 bridgehead atoms. The Kier molecular flexibility index (Phi) is 5.71. The van der Waals surface area contributed by atoms with Crippen LogP contribution in [-0.4, -0.2) is 26.3 Å². The highest BCUT2D eigenvalue weighted by Crippen LogP contribution is 2.36. The van der Waals surface area contributed by atoms with Crippen LogP contribution < -0.4 is 0 Å². The SMILES string of the molecule is CC(C)(C)c1ccc(CN2C(=O)SC(=Cc3cc(O)c(O)c(CF)c3)C2=O)cc1. The van der Waals surface area contributed by atoms with E-state index in [1.807, 2.05) is 24.3 Å². The van der Waals surface area contributed by atoms with Crippen molar-refractivity contribution in [1.29, 1.82) is 0 Å². The third kappa shape index (κ3) is 4.45. The van der Waals surface area contributed by atoms with Gasteiger partial charge in [-0.2, -0.15) is 0 Å². The van der Waals surface area contributed by atoms with E-state index in [0.717, 1.165) is 27.8 Å². The second-order valence-corrected chi connectivity index (χ2v) is 8.89. The van der Waals surface area contributed by atoms with Gasteiger partial charge in [0.05, 0.1) is 11.4 Å². The van der Waals surface area contributed by atoms with Crippen molar-refractivity contribution in [3.05, 3.63) is 63.6 Å². The van der Waals surface area contributed by atoms with Crippen LogP contribution in [0.1, 0.15) is 43.0 Å². The summed E-state index contributed by atoms with van der Waals surface area (Å²) < 4.78 is 13.0. The summed E-state index contributed by atoms with van der Waals surface area (Å²) in [6, 6.07) is 10.3. The Morgan fingerprint density at radius 3 is 2.34 bits per heavy atom. The van der Waals surface area contributed by atoms with Gasteiger partial charge in [-0.05, 0) is 52.1 Å². The first-order chi connectivity index (χ1) is 13.6. The lowest BCUT2D eigenvalue weighted by atomic mass is 9.87. The van der Waals surface area contributed by atoms with Gasteiger partial charge in [0.2, 0.25) is 0 Å². The fourth-order valence-corrected chi connectivity index (χ4v) is 3.81. The molecule has 3 rings (SSSR count). The maximum atomic E-state index is 13.0. The summed E-state index contributed by atoms with van der Waals surface area (Å²) in [7, 11) is 0. The number of carbonyl (C=O) groups is 2. The zero-order valence-corrected chi connectivity index (χ0v) is 17.2. The Hall–Kier alpha value is -2.80. The summed E-state index contributed by atoms with van der Waals surface area (Å²) in [4.78, 5) is 26.4. The first kappa shape index (κ1) is 20.9. The zero-order chi connectivity index (χ0) is 21.3. The normalized spacial score (nSPS) is 16.1. The van der Waals surface area contributed by atoms with Gasteiger partial charge in [-0.25, -0.2) is 4.39 Å². The van der Waals surface area contributed by atoms with Gasteiger partial charge in [0.15, 0.2) is 11.5 Å². The average molecular weight is 415 g/mol. The fourth-order valence-electron chi connectivity index (χ4n) is 2.97. The molecule has 0 spiro atoms. The van der Waals surface area contributed by atoms with Crippen LogP contribution in [0.4, 0.5) is 9.18 Å². The molecular formula is C22H22FNO4S. The van der Waals surface area contributed by atoms with Crippen LogP contribution in [0.15, 0.2) is 41.3 Å². The van der Waals surface area contributed by atoms with E-state index in [0.29, 0.717) is 5.56 Å². The van der Waals surface area contributed by atoms with E-state index in [2.05, 4.69) is 20.8 Å². The van der Waals surface area contributed by atoms with Crippen molar-refractivity contribution in [1.82, 2.24) is 4.90 Å². The zero-order valence-electron chi connectivity index (χ0n) is 16.4. The summed E-state index contributed by atoms with van der Waals surface area (Å²) in [6.07, 6.45) is 1.41. The van der Waals surface area contributed by atoms with E-state index in [-0.39, 0.29) is 22.4 Å². The summed E-state index contributed by atoms with van der Waals surface area (Å²) >= 11 is 0.787. The van der Waals surface area contributed by atoms with E-state index in [9.17, 15) is 24.2 Å². The Morgan fingerprint density at radius 1 is 1.10 bits per heavy atom. The van der Waals surface area contributed by atoms with E-state index in [1.165, 1.54) is 18.2 Å². The topological polar surface area (TPSA) is 77.8 Å². The number of carbonyl (C=O) groups excluding carboxylic acids is 2. The molecule has 2 aromatic rings. The van der Waals surface area contributed by atoms with Gasteiger partial charge in [-0.1, -0.05) is 45.0 Å². The number of aromatic hydroxyl groups is 2. The third-order valence-electron chi connectivity index (χ3n) is 4.67. The van der Waals surface area contributed by atoms with Crippen molar-refractivity contribution in [3.63, 3.8) is 0 Å². The minimum Gasteiger partial charge on any atom is -0.504 e. The molecule has 2 amide bonds. The molecule has 152 valence electrons. The van der Waals surface area contributed by atoms with Gasteiger partial charge in [-0.3, -0.25) is 14.5 Å². The number of hydrogen-bond acceptors (Lipinski definition) is 5. The molecule has 0 saturated carbocycles. The number of imide groups is 1. The molecule has 0 unspecified atom stereocenters. The predicted octanol–water partition coefficient (Wildman–Crippen LogP) is 5.10. The molecular weight excluding hydrogens is 393 g/mol. The van der Waals surface area contributed by atoms with Crippen molar-refractivity contribution in [2.24, 2.45) is 0 Å². The summed E-state index contributed by atoms with van der Waals surface area (Å²) in [5.41, 5.74) is 2.24. The largest absolute Gasteiger partial charge is 0.504 e. The summed E-state index contributed by atoms with van der Waals surface area (Å²) in [6.45, 7) is 5.52. The summed E-state index contributed by atoms with van der Waals surface area (Å²) in [5.74, 6) is -1.46. The molecule has 5 nitrogen and oxygen atoms in total. The van der Waals surface area contributed by atoms with Gasteiger partial charge < -0.3 is 10.2 Å². The van der Waals surface area contributed by atoms with Crippen molar-refractivity contribution in [2.75, 3.05) is 0 Å². The second-order valence-electron chi connectivity index (χ2n) is 7.90. The van der Waals surface area contributed by atoms with Crippen LogP contribution in [0.2, 0.25) is 0 Å². The Labute approximate surface area is 172 Å². The smallest absolute Gasteiger partial charge is 0.293 e. The molecule has 1 aliphatic heterocycles. The minimum absolute atomic E-state index is 0.0116. The molecule has 7 heteroatoms. The molecule has 2 N–H and O–H groups in total. The molecule has 1 aliphatic rings. The number of benzene rings is 2. The summed E-state index contributed by atoms with van der Waals surface area (Å²) in [5, 5.41) is 18.9. The molecule has 0 aromatic heterocycles. The number of amides is 2. The molecule has 1 saturated heterocycles. The number of halogens is 1. The van der Waals surface area contributed by atoms with Crippen LogP contribution in [0.3, 0.4) is 0 Å². The molecule has 0 radical (unpaired) electrons. The van der Waals surface area contributed by atoms with Crippen LogP contribution in [0, 0.1) is 0 Å². The number of thioether (sulfide) groups is 1. The van der Waals surface area contributed by atoms with Crippen LogP contribution in [0.25, 0.3) is 6.08 Å². The predicted molar refractivity (Wildman–Crippen MR) is 111 cm³/mol. The highest BCUT2D eigenvalue weighted by molar-refractivity contribution is 8.18. The molecule has 0 aliphatic carbocycles. The monoisotopic (exact) mass is 415 g/mol. The van der Waals surface area contributed by atoms with E-state index < -0.39 is 29.3 Å². The molecule has 0 atom stereocenters. The van der Waals surface area contributed by atoms with Crippen molar-refractivity contribution in [3.8, 4) is 11.5 Å². The number of nitrogens with zero attached hydrogens (tertiary/aromatic N) is 1. The molecule has 29 heavy (non-hydrogen) atoms. The second kappa shape index (κ2) is 7.91. The molecule has 2 aromatic carbocycles. The van der Waals surface area contributed by atoms with Crippen LogP contribution >= 0.6 is 11.8 Å². The fraction of sp³-hybridized carbons (Fsp3) is 0.273. The van der Waals surface area contributed by atoms with Crippen molar-refractivity contribution < 1.29 is 24.2 Å². The maximum absolute atomic E-state index is 13.0. The van der Waals surface area contributed by atoms with Crippen LogP contribution in [-0.2, 0) is 23.4 Å². The molecule has 1 heterocycles. The number of alkyl halides is 1. The quantitative estimate of drug-likeness (QED) is 0.536. The number of rotatable bonds is 4. The number of hydrogen-bond donors (Lipinski definition) is 2. The van der Waals surface area contributed by atoms with Gasteiger partial charge in [0.25, 0.3) is 11.1 Å². The van der Waals surface area contributed by atoms with E-state index in [1.54, 1.807) is 0 Å². The van der Waals surface area contributed by atoms with Gasteiger partial charge in [0.1, 0.15) is 6.67 Å². The van der Waals surface area contributed by atoms with Crippen molar-refractivity contribution in [2.45, 2.75) is 39.4 Å². The lowest BCUT2D eigenvalue weighted by molar-refractivity contribution is -0.123.